The second-order valence-corrected chi connectivity index (χ2v) is 3.75. The number of anilines is 2. The Morgan fingerprint density at radius 2 is 2.00 bits per heavy atom. The van der Waals surface area contributed by atoms with E-state index in [2.05, 4.69) is 15.6 Å². The summed E-state index contributed by atoms with van der Waals surface area (Å²) in [6, 6.07) is 4.46. The Bertz CT molecular complexity index is 617. The third kappa shape index (κ3) is 2.85. The molecule has 0 spiro atoms. The molecule has 0 fully saturated rings. The van der Waals surface area contributed by atoms with Crippen molar-refractivity contribution in [3.05, 3.63) is 53.9 Å². The summed E-state index contributed by atoms with van der Waals surface area (Å²) in [5, 5.41) is 5.19. The van der Waals surface area contributed by atoms with Crippen LogP contribution in [-0.2, 0) is 0 Å². The summed E-state index contributed by atoms with van der Waals surface area (Å²) in [5.41, 5.74) is 0.758. The monoisotopic (exact) mass is 263 g/mol. The van der Waals surface area contributed by atoms with Gasteiger partial charge in [0.2, 0.25) is 0 Å². The first-order valence-corrected chi connectivity index (χ1v) is 5.50. The molecule has 2 N–H and O–H groups in total. The van der Waals surface area contributed by atoms with E-state index in [0.29, 0.717) is 17.3 Å². The molecule has 1 heterocycles. The van der Waals surface area contributed by atoms with E-state index in [0.717, 1.165) is 6.07 Å². The Morgan fingerprint density at radius 3 is 2.68 bits per heavy atom. The number of carbonyl (C=O) groups is 1. The minimum atomic E-state index is -0.826. The summed E-state index contributed by atoms with van der Waals surface area (Å²) in [7, 11) is 1.65. The molecule has 0 aliphatic carbocycles. The van der Waals surface area contributed by atoms with E-state index >= 15 is 0 Å². The lowest BCUT2D eigenvalue weighted by molar-refractivity contribution is 0.102. The molecular formula is C13H11F2N3O. The fraction of sp³-hybridized carbons (Fsp3) is 0.0769. The molecule has 0 saturated carbocycles. The van der Waals surface area contributed by atoms with Crippen molar-refractivity contribution in [1.82, 2.24) is 4.98 Å². The normalized spacial score (nSPS) is 10.1. The van der Waals surface area contributed by atoms with Gasteiger partial charge < -0.3 is 10.6 Å². The molecule has 19 heavy (non-hydrogen) atoms. The number of aromatic nitrogens is 1. The highest BCUT2D eigenvalue weighted by molar-refractivity contribution is 6.07. The quantitative estimate of drug-likeness (QED) is 0.895. The second kappa shape index (κ2) is 5.43. The summed E-state index contributed by atoms with van der Waals surface area (Å²) < 4.78 is 26.2. The van der Waals surface area contributed by atoms with E-state index in [1.165, 1.54) is 24.5 Å². The average Bonchev–Trinajstić information content (AvgIpc) is 2.41. The fourth-order valence-electron chi connectivity index (χ4n) is 1.57. The van der Waals surface area contributed by atoms with Gasteiger partial charge in [0.25, 0.3) is 5.91 Å². The topological polar surface area (TPSA) is 54.0 Å². The summed E-state index contributed by atoms with van der Waals surface area (Å²) in [5.74, 6) is -2.03. The number of nitrogens with zero attached hydrogens (tertiary/aromatic N) is 1. The lowest BCUT2D eigenvalue weighted by Gasteiger charge is -2.09. The van der Waals surface area contributed by atoms with E-state index in [4.69, 9.17) is 0 Å². The first-order chi connectivity index (χ1) is 9.11. The molecule has 0 unspecified atom stereocenters. The zero-order valence-electron chi connectivity index (χ0n) is 10.1. The van der Waals surface area contributed by atoms with Crippen molar-refractivity contribution in [2.45, 2.75) is 0 Å². The predicted molar refractivity (Wildman–Crippen MR) is 68.1 cm³/mol. The van der Waals surface area contributed by atoms with Crippen LogP contribution in [0.2, 0.25) is 0 Å². The number of benzene rings is 1. The molecule has 4 nitrogen and oxygen atoms in total. The highest BCUT2D eigenvalue weighted by Crippen LogP contribution is 2.18. The standard InChI is InChI=1S/C13H11F2N3O/c1-16-12-7-17-5-4-9(12)13(19)18-11-3-2-8(14)6-10(11)15/h2-7,16H,1H3,(H,18,19). The summed E-state index contributed by atoms with van der Waals surface area (Å²) in [4.78, 5) is 15.9. The fourth-order valence-corrected chi connectivity index (χ4v) is 1.57. The van der Waals surface area contributed by atoms with Crippen LogP contribution in [0.3, 0.4) is 0 Å². The summed E-state index contributed by atoms with van der Waals surface area (Å²) in [6.45, 7) is 0. The Balaban J connectivity index is 2.26. The SMILES string of the molecule is CNc1cnccc1C(=O)Nc1ccc(F)cc1F. The molecule has 2 aromatic rings. The van der Waals surface area contributed by atoms with Crippen molar-refractivity contribution in [2.75, 3.05) is 17.7 Å². The van der Waals surface area contributed by atoms with Crippen LogP contribution in [0.4, 0.5) is 20.2 Å². The zero-order valence-corrected chi connectivity index (χ0v) is 10.1. The van der Waals surface area contributed by atoms with Gasteiger partial charge in [-0.2, -0.15) is 0 Å². The van der Waals surface area contributed by atoms with Crippen molar-refractivity contribution in [1.29, 1.82) is 0 Å². The number of halogens is 2. The van der Waals surface area contributed by atoms with Crippen LogP contribution in [0.25, 0.3) is 0 Å². The van der Waals surface area contributed by atoms with Crippen molar-refractivity contribution in [3.8, 4) is 0 Å². The van der Waals surface area contributed by atoms with Crippen molar-refractivity contribution in [3.63, 3.8) is 0 Å². The third-order valence-electron chi connectivity index (χ3n) is 2.51. The zero-order chi connectivity index (χ0) is 13.8. The largest absolute Gasteiger partial charge is 0.386 e. The molecule has 0 radical (unpaired) electrons. The molecule has 0 aliphatic heterocycles. The van der Waals surface area contributed by atoms with Crippen LogP contribution in [-0.4, -0.2) is 17.9 Å². The van der Waals surface area contributed by atoms with Gasteiger partial charge in [0.15, 0.2) is 0 Å². The minimum Gasteiger partial charge on any atom is -0.386 e. The van der Waals surface area contributed by atoms with Gasteiger partial charge in [-0.3, -0.25) is 9.78 Å². The molecular weight excluding hydrogens is 252 g/mol. The lowest BCUT2D eigenvalue weighted by atomic mass is 10.2. The number of hydrogen-bond acceptors (Lipinski definition) is 3. The Morgan fingerprint density at radius 1 is 1.21 bits per heavy atom. The molecule has 1 amide bonds. The van der Waals surface area contributed by atoms with Gasteiger partial charge in [-0.1, -0.05) is 0 Å². The Labute approximate surface area is 108 Å². The van der Waals surface area contributed by atoms with Gasteiger partial charge in [-0.25, -0.2) is 8.78 Å². The van der Waals surface area contributed by atoms with Crippen LogP contribution < -0.4 is 10.6 Å². The maximum absolute atomic E-state index is 13.4. The number of nitrogens with one attached hydrogen (secondary N) is 2. The molecule has 0 atom stereocenters. The van der Waals surface area contributed by atoms with E-state index in [-0.39, 0.29) is 5.69 Å². The molecule has 0 bridgehead atoms. The van der Waals surface area contributed by atoms with Crippen molar-refractivity contribution in [2.24, 2.45) is 0 Å². The number of rotatable bonds is 3. The number of pyridine rings is 1. The maximum atomic E-state index is 13.4. The number of amides is 1. The number of carbonyl (C=O) groups excluding carboxylic acids is 1. The van der Waals surface area contributed by atoms with Crippen LogP contribution >= 0.6 is 0 Å². The smallest absolute Gasteiger partial charge is 0.257 e. The molecule has 2 rings (SSSR count). The van der Waals surface area contributed by atoms with E-state index in [1.807, 2.05) is 0 Å². The van der Waals surface area contributed by atoms with Crippen molar-refractivity contribution < 1.29 is 13.6 Å². The Kier molecular flexibility index (Phi) is 3.70. The second-order valence-electron chi connectivity index (χ2n) is 3.75. The van der Waals surface area contributed by atoms with Crippen LogP contribution in [0, 0.1) is 11.6 Å². The predicted octanol–water partition coefficient (Wildman–Crippen LogP) is 2.65. The first-order valence-electron chi connectivity index (χ1n) is 5.50. The first kappa shape index (κ1) is 12.9. The van der Waals surface area contributed by atoms with Crippen molar-refractivity contribution >= 4 is 17.3 Å². The van der Waals surface area contributed by atoms with Gasteiger partial charge in [0.05, 0.1) is 23.1 Å². The molecule has 1 aromatic carbocycles. The van der Waals surface area contributed by atoms with Gasteiger partial charge in [0, 0.05) is 19.3 Å². The van der Waals surface area contributed by atoms with Gasteiger partial charge in [-0.05, 0) is 18.2 Å². The molecule has 6 heteroatoms. The minimum absolute atomic E-state index is 0.0785. The average molecular weight is 263 g/mol. The summed E-state index contributed by atoms with van der Waals surface area (Å²) in [6.07, 6.45) is 2.94. The maximum Gasteiger partial charge on any atom is 0.257 e. The highest BCUT2D eigenvalue weighted by atomic mass is 19.1. The Hall–Kier alpha value is -2.50. The lowest BCUT2D eigenvalue weighted by Crippen LogP contribution is -2.15. The number of hydrogen-bond donors (Lipinski definition) is 2. The van der Waals surface area contributed by atoms with Crippen LogP contribution in [0.5, 0.6) is 0 Å². The van der Waals surface area contributed by atoms with E-state index in [1.54, 1.807) is 7.05 Å². The molecule has 0 aliphatic rings. The van der Waals surface area contributed by atoms with E-state index < -0.39 is 17.5 Å². The molecule has 0 saturated heterocycles. The van der Waals surface area contributed by atoms with E-state index in [9.17, 15) is 13.6 Å². The van der Waals surface area contributed by atoms with Gasteiger partial charge in [0.1, 0.15) is 11.6 Å². The third-order valence-corrected chi connectivity index (χ3v) is 2.51. The molecule has 1 aromatic heterocycles. The van der Waals surface area contributed by atoms with Crippen LogP contribution in [0.15, 0.2) is 36.7 Å². The van der Waals surface area contributed by atoms with Gasteiger partial charge >= 0.3 is 0 Å². The highest BCUT2D eigenvalue weighted by Gasteiger charge is 2.13. The summed E-state index contributed by atoms with van der Waals surface area (Å²) >= 11 is 0. The van der Waals surface area contributed by atoms with Crippen LogP contribution in [0.1, 0.15) is 10.4 Å². The van der Waals surface area contributed by atoms with Gasteiger partial charge in [-0.15, -0.1) is 0 Å². The molecule has 98 valence electrons.